The Morgan fingerprint density at radius 1 is 0.744 bits per heavy atom. The molecule has 0 aliphatic carbocycles. The highest BCUT2D eigenvalue weighted by Crippen LogP contribution is 2.38. The summed E-state index contributed by atoms with van der Waals surface area (Å²) in [5.41, 5.74) is -0.461. The number of carbonyl (C=O) groups excluding carboxylic acids is 3. The second kappa shape index (κ2) is 17.3. The van der Waals surface area contributed by atoms with Crippen LogP contribution < -0.4 is 5.32 Å². The highest BCUT2D eigenvalue weighted by atomic mass is 32.2. The van der Waals surface area contributed by atoms with Crippen LogP contribution in [0.4, 0.5) is 0 Å². The molecule has 0 aromatic carbocycles. The Hall–Kier alpha value is -1.44. The fourth-order valence-electron chi connectivity index (χ4n) is 3.70. The fraction of sp³-hybridized carbons (Fsp3) is 0.914. The average molecular weight is 637 g/mol. The molecule has 3 amide bonds. The Labute approximate surface area is 270 Å². The van der Waals surface area contributed by atoms with Crippen LogP contribution in [0.15, 0.2) is 0 Å². The third kappa shape index (κ3) is 21.8. The number of hydrogen-bond acceptors (Lipinski definition) is 5. The maximum absolute atomic E-state index is 12.1. The van der Waals surface area contributed by atoms with E-state index in [1.165, 1.54) is 4.90 Å². The molecule has 1 heterocycles. The number of nitrogens with zero attached hydrogens (tertiary/aromatic N) is 1. The van der Waals surface area contributed by atoms with Gasteiger partial charge in [-0.15, -0.1) is 0 Å². The van der Waals surface area contributed by atoms with Crippen molar-refractivity contribution < 1.29 is 22.8 Å². The van der Waals surface area contributed by atoms with E-state index in [2.05, 4.69) is 46.9 Å². The maximum atomic E-state index is 12.1. The van der Waals surface area contributed by atoms with Crippen molar-refractivity contribution in [2.75, 3.05) is 5.75 Å². The van der Waals surface area contributed by atoms with Crippen LogP contribution in [0.2, 0.25) is 0 Å². The lowest BCUT2D eigenvalue weighted by Gasteiger charge is -2.32. The minimum Gasteiger partial charge on any atom is -0.351 e. The molecular weight excluding hydrogens is 560 g/mol. The lowest BCUT2D eigenvalue weighted by atomic mass is 9.80. The van der Waals surface area contributed by atoms with E-state index in [0.717, 1.165) is 6.42 Å². The van der Waals surface area contributed by atoms with Gasteiger partial charge < -0.3 is 5.32 Å². The molecule has 1 rings (SSSR count). The molecule has 1 saturated heterocycles. The van der Waals surface area contributed by atoms with Crippen LogP contribution >= 0.6 is 0 Å². The topological polar surface area (TPSA) is 101 Å². The highest BCUT2D eigenvalue weighted by Gasteiger charge is 2.48. The van der Waals surface area contributed by atoms with Gasteiger partial charge >= 0.3 is 0 Å². The van der Waals surface area contributed by atoms with Gasteiger partial charge in [-0.3, -0.25) is 19.3 Å². The number of imide groups is 1. The van der Waals surface area contributed by atoms with Crippen LogP contribution in [-0.2, 0) is 24.2 Å². The number of nitrogens with one attached hydrogen (secondary N) is 1. The van der Waals surface area contributed by atoms with Crippen LogP contribution in [0.5, 0.6) is 0 Å². The van der Waals surface area contributed by atoms with Crippen LogP contribution in [0.1, 0.15) is 166 Å². The van der Waals surface area contributed by atoms with Gasteiger partial charge in [0.2, 0.25) is 17.7 Å². The van der Waals surface area contributed by atoms with Gasteiger partial charge in [0.15, 0.2) is 9.84 Å². The van der Waals surface area contributed by atoms with Crippen LogP contribution in [-0.4, -0.2) is 52.6 Å². The molecule has 0 saturated carbocycles. The molecule has 0 aromatic rings. The van der Waals surface area contributed by atoms with E-state index in [1.807, 2.05) is 62.3 Å². The minimum atomic E-state index is -2.93. The van der Waals surface area contributed by atoms with Crippen molar-refractivity contribution in [3.8, 4) is 0 Å². The van der Waals surface area contributed by atoms with Gasteiger partial charge in [0, 0.05) is 23.9 Å². The molecule has 7 nitrogen and oxygen atoms in total. The van der Waals surface area contributed by atoms with E-state index in [9.17, 15) is 22.8 Å². The SMILES string of the molecule is C.C.C.CC(C)(C)C1CC(=O)N(C(C)(C)C)C1=O.CC(C)(C)CC(=O)NC(C)(C)C.CC(C)(C)CCS(=O)(=O)C(C)(C)C. The first-order chi connectivity index (χ1) is 17.1. The van der Waals surface area contributed by atoms with Crippen molar-refractivity contribution in [3.05, 3.63) is 0 Å². The molecule has 0 radical (unpaired) electrons. The molecular formula is C35H76N2O5S. The zero-order valence-corrected chi connectivity index (χ0v) is 30.1. The third-order valence-electron chi connectivity index (χ3n) is 6.12. The first-order valence-electron chi connectivity index (χ1n) is 14.5. The van der Waals surface area contributed by atoms with Crippen LogP contribution in [0, 0.1) is 22.2 Å². The quantitative estimate of drug-likeness (QED) is 0.311. The summed E-state index contributed by atoms with van der Waals surface area (Å²) < 4.78 is 22.8. The van der Waals surface area contributed by atoms with E-state index in [-0.39, 0.29) is 67.7 Å². The lowest BCUT2D eigenvalue weighted by molar-refractivity contribution is -0.145. The molecule has 0 bridgehead atoms. The number of carbonyl (C=O) groups is 3. The molecule has 1 unspecified atom stereocenters. The predicted octanol–water partition coefficient (Wildman–Crippen LogP) is 9.09. The second-order valence-electron chi connectivity index (χ2n) is 17.6. The Kier molecular flexibility index (Phi) is 20.6. The van der Waals surface area contributed by atoms with Crippen molar-refractivity contribution in [3.63, 3.8) is 0 Å². The summed E-state index contributed by atoms with van der Waals surface area (Å²) in [5.74, 6) is 0.214. The summed E-state index contributed by atoms with van der Waals surface area (Å²) >= 11 is 0. The van der Waals surface area contributed by atoms with Crippen molar-refractivity contribution in [1.82, 2.24) is 10.2 Å². The molecule has 1 atom stereocenters. The Morgan fingerprint density at radius 2 is 1.14 bits per heavy atom. The summed E-state index contributed by atoms with van der Waals surface area (Å²) in [6.07, 6.45) is 1.68. The second-order valence-corrected chi connectivity index (χ2v) is 20.5. The van der Waals surface area contributed by atoms with Crippen molar-refractivity contribution in [2.24, 2.45) is 22.2 Å². The van der Waals surface area contributed by atoms with E-state index < -0.39 is 20.1 Å². The number of rotatable bonds is 3. The third-order valence-corrected chi connectivity index (χ3v) is 8.73. The first kappa shape index (κ1) is 51.2. The van der Waals surface area contributed by atoms with Crippen LogP contribution in [0.25, 0.3) is 0 Å². The molecule has 1 fully saturated rings. The summed E-state index contributed by atoms with van der Waals surface area (Å²) in [7, 11) is -2.93. The smallest absolute Gasteiger partial charge is 0.233 e. The zero-order chi connectivity index (χ0) is 32.9. The summed E-state index contributed by atoms with van der Waals surface area (Å²) in [6.45, 7) is 35.3. The normalized spacial score (nSPS) is 16.3. The maximum Gasteiger partial charge on any atom is 0.233 e. The van der Waals surface area contributed by atoms with Gasteiger partial charge in [-0.1, -0.05) is 84.6 Å². The summed E-state index contributed by atoms with van der Waals surface area (Å²) in [4.78, 5) is 36.7. The zero-order valence-electron chi connectivity index (χ0n) is 29.3. The van der Waals surface area contributed by atoms with E-state index in [1.54, 1.807) is 20.8 Å². The average Bonchev–Trinajstić information content (AvgIpc) is 2.91. The summed E-state index contributed by atoms with van der Waals surface area (Å²) in [5, 5.41) is 2.94. The predicted molar refractivity (Wildman–Crippen MR) is 189 cm³/mol. The standard InChI is InChI=1S/C12H21NO2.C10H21NO.C10H22O2S.3CH4/c1-11(2,3)8-7-9(14)13(10(8)15)12(4,5)6;1-9(2,3)7-8(12)11-10(4,5)6;1-9(2,3)7-8-13(11,12)10(4,5)6;;;/h8H,7H2,1-6H3;7H2,1-6H3,(H,11,12);7-8H2,1-6H3;3*1H4. The minimum absolute atomic E-state index is 0. The van der Waals surface area contributed by atoms with Gasteiger partial charge in [0.1, 0.15) is 0 Å². The molecule has 1 aliphatic heterocycles. The Balaban J connectivity index is -0.000000163. The largest absolute Gasteiger partial charge is 0.351 e. The molecule has 43 heavy (non-hydrogen) atoms. The van der Waals surface area contributed by atoms with Crippen molar-refractivity contribution in [2.45, 2.75) is 182 Å². The van der Waals surface area contributed by atoms with Gasteiger partial charge in [-0.05, 0) is 85.0 Å². The van der Waals surface area contributed by atoms with Crippen LogP contribution in [0.3, 0.4) is 0 Å². The summed E-state index contributed by atoms with van der Waals surface area (Å²) in [6, 6.07) is 0. The molecule has 0 spiro atoms. The van der Waals surface area contributed by atoms with Gasteiger partial charge in [0.25, 0.3) is 0 Å². The molecule has 1 N–H and O–H groups in total. The lowest BCUT2D eigenvalue weighted by Crippen LogP contribution is -2.46. The monoisotopic (exact) mass is 637 g/mol. The van der Waals surface area contributed by atoms with E-state index in [4.69, 9.17) is 0 Å². The van der Waals surface area contributed by atoms with E-state index >= 15 is 0 Å². The van der Waals surface area contributed by atoms with Gasteiger partial charge in [0.05, 0.1) is 16.4 Å². The van der Waals surface area contributed by atoms with Crippen molar-refractivity contribution in [1.29, 1.82) is 0 Å². The number of amides is 3. The molecule has 1 aliphatic rings. The number of sulfone groups is 1. The van der Waals surface area contributed by atoms with E-state index in [0.29, 0.717) is 18.6 Å². The van der Waals surface area contributed by atoms with Crippen molar-refractivity contribution >= 4 is 27.6 Å². The first-order valence-corrected chi connectivity index (χ1v) is 16.2. The molecule has 262 valence electrons. The Morgan fingerprint density at radius 3 is 1.35 bits per heavy atom. The molecule has 0 aromatic heterocycles. The van der Waals surface area contributed by atoms with Gasteiger partial charge in [-0.25, -0.2) is 8.42 Å². The molecule has 8 heteroatoms. The highest BCUT2D eigenvalue weighted by molar-refractivity contribution is 7.92. The fourth-order valence-corrected chi connectivity index (χ4v) is 5.20. The number of hydrogen-bond donors (Lipinski definition) is 1. The van der Waals surface area contributed by atoms with Gasteiger partial charge in [-0.2, -0.15) is 0 Å². The Bertz CT molecular complexity index is 939. The number of likely N-dealkylation sites (tertiary alicyclic amines) is 1.